The Labute approximate surface area is 118 Å². The Morgan fingerprint density at radius 3 is 2.80 bits per heavy atom. The predicted molar refractivity (Wildman–Crippen MR) is 78.4 cm³/mol. The van der Waals surface area contributed by atoms with Gasteiger partial charge in [0.25, 0.3) is 0 Å². The highest BCUT2D eigenvalue weighted by molar-refractivity contribution is 5.86. The first kappa shape index (κ1) is 13.0. The van der Waals surface area contributed by atoms with Gasteiger partial charge >= 0.3 is 5.97 Å². The topological polar surface area (TPSA) is 53.1 Å². The number of carboxylic acid groups (broad SMARTS) is 1. The maximum atomic E-state index is 11.0. The molecule has 1 heterocycles. The van der Waals surface area contributed by atoms with Crippen molar-refractivity contribution in [1.82, 2.24) is 4.98 Å². The monoisotopic (exact) mass is 269 g/mol. The van der Waals surface area contributed by atoms with Crippen LogP contribution in [0.5, 0.6) is 0 Å². The van der Waals surface area contributed by atoms with Gasteiger partial charge in [-0.05, 0) is 67.3 Å². The Balaban J connectivity index is 1.83. The quantitative estimate of drug-likeness (QED) is 0.894. The Hall–Kier alpha value is -2.03. The zero-order chi connectivity index (χ0) is 14.3. The van der Waals surface area contributed by atoms with E-state index in [0.717, 1.165) is 25.0 Å². The average molecular weight is 269 g/mol. The van der Waals surface area contributed by atoms with Gasteiger partial charge in [0.05, 0.1) is 0 Å². The van der Waals surface area contributed by atoms with Crippen LogP contribution in [0.2, 0.25) is 0 Å². The highest BCUT2D eigenvalue weighted by Crippen LogP contribution is 2.36. The standard InChI is InChI=1S/C17H19NO2/c1-10-3-4-12(7-11(10)2)8-13-5-6-15-14(13)9-16(18-15)17(19)20/h3-4,7,9,13,18H,5-6,8H2,1-2H3,(H,19,20). The Bertz CT molecular complexity index is 670. The highest BCUT2D eigenvalue weighted by atomic mass is 16.4. The number of aromatic amines is 1. The summed E-state index contributed by atoms with van der Waals surface area (Å²) in [6.45, 7) is 4.26. The molecule has 0 bridgehead atoms. The van der Waals surface area contributed by atoms with Gasteiger partial charge in [-0.25, -0.2) is 4.79 Å². The molecule has 0 radical (unpaired) electrons. The van der Waals surface area contributed by atoms with Crippen LogP contribution in [-0.2, 0) is 12.8 Å². The van der Waals surface area contributed by atoms with E-state index in [1.165, 1.54) is 22.3 Å². The molecule has 3 rings (SSSR count). The van der Waals surface area contributed by atoms with Gasteiger partial charge in [-0.15, -0.1) is 0 Å². The molecule has 0 amide bonds. The van der Waals surface area contributed by atoms with Gasteiger partial charge in [0.15, 0.2) is 0 Å². The van der Waals surface area contributed by atoms with Gasteiger partial charge in [0.2, 0.25) is 0 Å². The molecule has 2 N–H and O–H groups in total. The van der Waals surface area contributed by atoms with Gasteiger partial charge in [0, 0.05) is 5.69 Å². The summed E-state index contributed by atoms with van der Waals surface area (Å²) in [6.07, 6.45) is 3.05. The number of carboxylic acids is 1. The Morgan fingerprint density at radius 2 is 2.10 bits per heavy atom. The van der Waals surface area contributed by atoms with Crippen LogP contribution in [0.1, 0.15) is 50.8 Å². The van der Waals surface area contributed by atoms with E-state index in [0.29, 0.717) is 11.6 Å². The summed E-state index contributed by atoms with van der Waals surface area (Å²) in [5.74, 6) is -0.430. The maximum Gasteiger partial charge on any atom is 0.352 e. The summed E-state index contributed by atoms with van der Waals surface area (Å²) < 4.78 is 0. The number of aromatic nitrogens is 1. The SMILES string of the molecule is Cc1ccc(CC2CCc3[nH]c(C(=O)O)cc32)cc1C. The molecule has 1 aliphatic rings. The van der Waals surface area contributed by atoms with Crippen molar-refractivity contribution in [3.8, 4) is 0 Å². The number of nitrogens with one attached hydrogen (secondary N) is 1. The first-order chi connectivity index (χ1) is 9.54. The first-order valence-electron chi connectivity index (χ1n) is 7.06. The van der Waals surface area contributed by atoms with Crippen LogP contribution in [0.15, 0.2) is 24.3 Å². The van der Waals surface area contributed by atoms with Crippen LogP contribution in [-0.4, -0.2) is 16.1 Å². The Morgan fingerprint density at radius 1 is 1.30 bits per heavy atom. The number of carbonyl (C=O) groups is 1. The van der Waals surface area contributed by atoms with E-state index in [-0.39, 0.29) is 0 Å². The lowest BCUT2D eigenvalue weighted by molar-refractivity contribution is 0.0691. The minimum absolute atomic E-state index is 0.319. The Kier molecular flexibility index (Phi) is 3.13. The fourth-order valence-electron chi connectivity index (χ4n) is 3.10. The molecule has 1 aliphatic carbocycles. The van der Waals surface area contributed by atoms with E-state index < -0.39 is 5.97 Å². The van der Waals surface area contributed by atoms with Gasteiger partial charge in [-0.1, -0.05) is 18.2 Å². The lowest BCUT2D eigenvalue weighted by Crippen LogP contribution is -2.00. The minimum Gasteiger partial charge on any atom is -0.477 e. The van der Waals surface area contributed by atoms with Crippen LogP contribution in [0.25, 0.3) is 0 Å². The normalized spacial score (nSPS) is 17.2. The molecule has 0 aliphatic heterocycles. The van der Waals surface area contributed by atoms with Crippen molar-refractivity contribution >= 4 is 5.97 Å². The van der Waals surface area contributed by atoms with Gasteiger partial charge in [0.1, 0.15) is 5.69 Å². The lowest BCUT2D eigenvalue weighted by Gasteiger charge is -2.11. The van der Waals surface area contributed by atoms with Crippen molar-refractivity contribution in [2.24, 2.45) is 0 Å². The molecule has 1 atom stereocenters. The van der Waals surface area contributed by atoms with E-state index in [9.17, 15) is 4.79 Å². The van der Waals surface area contributed by atoms with E-state index in [2.05, 4.69) is 37.0 Å². The fraction of sp³-hybridized carbons (Fsp3) is 0.353. The van der Waals surface area contributed by atoms with Crippen molar-refractivity contribution in [1.29, 1.82) is 0 Å². The van der Waals surface area contributed by atoms with Crippen LogP contribution in [0.3, 0.4) is 0 Å². The highest BCUT2D eigenvalue weighted by Gasteiger charge is 2.26. The van der Waals surface area contributed by atoms with E-state index >= 15 is 0 Å². The third-order valence-electron chi connectivity index (χ3n) is 4.40. The number of aromatic carboxylic acids is 1. The van der Waals surface area contributed by atoms with Crippen molar-refractivity contribution < 1.29 is 9.90 Å². The molecular formula is C17H19NO2. The van der Waals surface area contributed by atoms with E-state index in [1.807, 2.05) is 6.07 Å². The molecule has 104 valence electrons. The number of hydrogen-bond donors (Lipinski definition) is 2. The third kappa shape index (κ3) is 2.24. The smallest absolute Gasteiger partial charge is 0.352 e. The predicted octanol–water partition coefficient (Wildman–Crippen LogP) is 3.60. The van der Waals surface area contributed by atoms with Gasteiger partial charge in [-0.2, -0.15) is 0 Å². The van der Waals surface area contributed by atoms with Crippen molar-refractivity contribution in [3.05, 3.63) is 57.9 Å². The van der Waals surface area contributed by atoms with Gasteiger partial charge in [-0.3, -0.25) is 0 Å². The second-order valence-corrected chi connectivity index (χ2v) is 5.78. The number of benzene rings is 1. The molecule has 20 heavy (non-hydrogen) atoms. The number of H-pyrrole nitrogens is 1. The van der Waals surface area contributed by atoms with E-state index in [1.54, 1.807) is 0 Å². The zero-order valence-electron chi connectivity index (χ0n) is 11.9. The molecule has 1 aromatic heterocycles. The fourth-order valence-corrected chi connectivity index (χ4v) is 3.10. The molecular weight excluding hydrogens is 250 g/mol. The molecule has 1 aromatic carbocycles. The molecule has 3 nitrogen and oxygen atoms in total. The van der Waals surface area contributed by atoms with Crippen molar-refractivity contribution in [3.63, 3.8) is 0 Å². The van der Waals surface area contributed by atoms with Crippen LogP contribution in [0, 0.1) is 13.8 Å². The second kappa shape index (κ2) is 4.82. The minimum atomic E-state index is -0.871. The number of hydrogen-bond acceptors (Lipinski definition) is 1. The van der Waals surface area contributed by atoms with Crippen molar-refractivity contribution in [2.45, 2.75) is 39.0 Å². The molecule has 2 aromatic rings. The number of fused-ring (bicyclic) bond motifs is 1. The summed E-state index contributed by atoms with van der Waals surface area (Å²) in [5.41, 5.74) is 6.59. The first-order valence-corrected chi connectivity index (χ1v) is 7.06. The summed E-state index contributed by atoms with van der Waals surface area (Å²) in [6, 6.07) is 8.42. The molecule has 3 heteroatoms. The molecule has 0 saturated heterocycles. The number of rotatable bonds is 3. The molecule has 1 unspecified atom stereocenters. The van der Waals surface area contributed by atoms with Gasteiger partial charge < -0.3 is 10.1 Å². The number of aryl methyl sites for hydroxylation is 3. The third-order valence-corrected chi connectivity index (χ3v) is 4.40. The van der Waals surface area contributed by atoms with Crippen LogP contribution in [0.4, 0.5) is 0 Å². The molecule has 0 spiro atoms. The van der Waals surface area contributed by atoms with E-state index in [4.69, 9.17) is 5.11 Å². The summed E-state index contributed by atoms with van der Waals surface area (Å²) in [4.78, 5) is 14.1. The largest absolute Gasteiger partial charge is 0.477 e. The lowest BCUT2D eigenvalue weighted by atomic mass is 9.93. The summed E-state index contributed by atoms with van der Waals surface area (Å²) in [5, 5.41) is 9.05. The van der Waals surface area contributed by atoms with Crippen LogP contribution < -0.4 is 0 Å². The molecule has 0 saturated carbocycles. The molecule has 0 fully saturated rings. The average Bonchev–Trinajstić information content (AvgIpc) is 2.96. The van der Waals surface area contributed by atoms with Crippen LogP contribution >= 0.6 is 0 Å². The second-order valence-electron chi connectivity index (χ2n) is 5.78. The summed E-state index contributed by atoms with van der Waals surface area (Å²) >= 11 is 0. The summed E-state index contributed by atoms with van der Waals surface area (Å²) in [7, 11) is 0. The van der Waals surface area contributed by atoms with Crippen molar-refractivity contribution in [2.75, 3.05) is 0 Å². The maximum absolute atomic E-state index is 11.0. The zero-order valence-corrected chi connectivity index (χ0v) is 11.9.